The fraction of sp³-hybridized carbons (Fsp3) is 0.364. The van der Waals surface area contributed by atoms with E-state index in [-0.39, 0.29) is 5.56 Å². The molecule has 14 heavy (non-hydrogen) atoms. The smallest absolute Gasteiger partial charge is 0.337 e. The molecule has 2 atom stereocenters. The van der Waals surface area contributed by atoms with E-state index < -0.39 is 5.97 Å². The number of carboxylic acid groups (broad SMARTS) is 1. The Morgan fingerprint density at radius 2 is 2.21 bits per heavy atom. The summed E-state index contributed by atoms with van der Waals surface area (Å²) >= 11 is 5.86. The van der Waals surface area contributed by atoms with Crippen LogP contribution in [0.3, 0.4) is 0 Å². The van der Waals surface area contributed by atoms with Gasteiger partial charge in [0.2, 0.25) is 0 Å². The predicted molar refractivity (Wildman–Crippen MR) is 54.9 cm³/mol. The van der Waals surface area contributed by atoms with Gasteiger partial charge in [-0.25, -0.2) is 4.79 Å². The van der Waals surface area contributed by atoms with Gasteiger partial charge < -0.3 is 5.11 Å². The monoisotopic (exact) mass is 210 g/mol. The molecular weight excluding hydrogens is 200 g/mol. The average Bonchev–Trinajstić information content (AvgIpc) is 2.81. The SMILES string of the molecule is C[C@H]1CC1c1cccc(Cl)c1C(=O)O. The van der Waals surface area contributed by atoms with Crippen molar-refractivity contribution >= 4 is 17.6 Å². The van der Waals surface area contributed by atoms with Crippen LogP contribution in [0.1, 0.15) is 35.2 Å². The van der Waals surface area contributed by atoms with E-state index in [0.29, 0.717) is 16.9 Å². The van der Waals surface area contributed by atoms with Gasteiger partial charge in [0.25, 0.3) is 0 Å². The van der Waals surface area contributed by atoms with Crippen LogP contribution in [0.15, 0.2) is 18.2 Å². The Kier molecular flexibility index (Phi) is 2.23. The number of hydrogen-bond donors (Lipinski definition) is 1. The van der Waals surface area contributed by atoms with Crippen LogP contribution in [0.2, 0.25) is 5.02 Å². The van der Waals surface area contributed by atoms with E-state index in [1.54, 1.807) is 6.07 Å². The summed E-state index contributed by atoms with van der Waals surface area (Å²) in [6.45, 7) is 2.12. The van der Waals surface area contributed by atoms with Crippen LogP contribution in [0.25, 0.3) is 0 Å². The average molecular weight is 211 g/mol. The number of carboxylic acids is 1. The quantitative estimate of drug-likeness (QED) is 0.814. The Labute approximate surface area is 87.5 Å². The van der Waals surface area contributed by atoms with E-state index in [9.17, 15) is 4.79 Å². The minimum atomic E-state index is -0.926. The molecule has 1 N–H and O–H groups in total. The maximum atomic E-state index is 11.0. The van der Waals surface area contributed by atoms with Crippen molar-refractivity contribution < 1.29 is 9.90 Å². The molecule has 0 amide bonds. The van der Waals surface area contributed by atoms with Crippen molar-refractivity contribution in [3.05, 3.63) is 34.3 Å². The number of hydrogen-bond acceptors (Lipinski definition) is 1. The highest BCUT2D eigenvalue weighted by molar-refractivity contribution is 6.33. The van der Waals surface area contributed by atoms with E-state index in [0.717, 1.165) is 12.0 Å². The fourth-order valence-electron chi connectivity index (χ4n) is 1.83. The Bertz CT molecular complexity index is 387. The second kappa shape index (κ2) is 3.28. The lowest BCUT2D eigenvalue weighted by Crippen LogP contribution is -2.02. The molecule has 0 radical (unpaired) electrons. The first-order valence-electron chi connectivity index (χ1n) is 4.63. The zero-order valence-corrected chi connectivity index (χ0v) is 8.58. The summed E-state index contributed by atoms with van der Waals surface area (Å²) in [6, 6.07) is 5.31. The van der Waals surface area contributed by atoms with Crippen LogP contribution in [-0.4, -0.2) is 11.1 Å². The normalized spacial score (nSPS) is 24.7. The largest absolute Gasteiger partial charge is 0.478 e. The zero-order valence-electron chi connectivity index (χ0n) is 7.83. The van der Waals surface area contributed by atoms with E-state index in [1.807, 2.05) is 12.1 Å². The lowest BCUT2D eigenvalue weighted by molar-refractivity contribution is 0.0696. The van der Waals surface area contributed by atoms with Crippen molar-refractivity contribution in [2.24, 2.45) is 5.92 Å². The number of aromatic carboxylic acids is 1. The van der Waals surface area contributed by atoms with Gasteiger partial charge in [-0.05, 0) is 29.9 Å². The molecule has 1 saturated carbocycles. The van der Waals surface area contributed by atoms with Crippen molar-refractivity contribution in [2.75, 3.05) is 0 Å². The molecule has 0 spiro atoms. The second-order valence-electron chi connectivity index (χ2n) is 3.83. The maximum absolute atomic E-state index is 11.0. The van der Waals surface area contributed by atoms with Crippen LogP contribution in [-0.2, 0) is 0 Å². The fourth-order valence-corrected chi connectivity index (χ4v) is 2.09. The molecule has 1 fully saturated rings. The van der Waals surface area contributed by atoms with Crippen molar-refractivity contribution in [3.8, 4) is 0 Å². The molecule has 0 bridgehead atoms. The van der Waals surface area contributed by atoms with Gasteiger partial charge in [0, 0.05) is 0 Å². The molecule has 1 unspecified atom stereocenters. The Morgan fingerprint density at radius 1 is 1.57 bits per heavy atom. The first-order chi connectivity index (χ1) is 6.61. The summed E-state index contributed by atoms with van der Waals surface area (Å²) in [4.78, 5) is 11.0. The third kappa shape index (κ3) is 1.50. The Morgan fingerprint density at radius 3 is 2.71 bits per heavy atom. The van der Waals surface area contributed by atoms with Crippen LogP contribution in [0.5, 0.6) is 0 Å². The lowest BCUT2D eigenvalue weighted by atomic mass is 10.0. The van der Waals surface area contributed by atoms with E-state index >= 15 is 0 Å². The predicted octanol–water partition coefficient (Wildman–Crippen LogP) is 3.16. The van der Waals surface area contributed by atoms with E-state index in [1.165, 1.54) is 0 Å². The summed E-state index contributed by atoms with van der Waals surface area (Å²) in [5.41, 5.74) is 1.17. The molecule has 1 aromatic carbocycles. The molecule has 2 rings (SSSR count). The van der Waals surface area contributed by atoms with Gasteiger partial charge in [0.1, 0.15) is 0 Å². The molecule has 0 aromatic heterocycles. The van der Waals surface area contributed by atoms with Gasteiger partial charge in [-0.2, -0.15) is 0 Å². The van der Waals surface area contributed by atoms with Crippen LogP contribution in [0.4, 0.5) is 0 Å². The third-order valence-electron chi connectivity index (χ3n) is 2.77. The second-order valence-corrected chi connectivity index (χ2v) is 4.24. The molecule has 0 aliphatic heterocycles. The number of carbonyl (C=O) groups is 1. The summed E-state index contributed by atoms with van der Waals surface area (Å²) in [5, 5.41) is 9.37. The van der Waals surface area contributed by atoms with Crippen molar-refractivity contribution in [3.63, 3.8) is 0 Å². The molecule has 1 aliphatic carbocycles. The van der Waals surface area contributed by atoms with Gasteiger partial charge in [-0.15, -0.1) is 0 Å². The summed E-state index contributed by atoms with van der Waals surface area (Å²) < 4.78 is 0. The summed E-state index contributed by atoms with van der Waals surface area (Å²) in [6.07, 6.45) is 1.07. The van der Waals surface area contributed by atoms with E-state index in [2.05, 4.69) is 6.92 Å². The molecule has 1 aliphatic rings. The van der Waals surface area contributed by atoms with Crippen molar-refractivity contribution in [1.29, 1.82) is 0 Å². The summed E-state index contributed by atoms with van der Waals surface area (Å²) in [7, 11) is 0. The number of benzene rings is 1. The summed E-state index contributed by atoms with van der Waals surface area (Å²) in [5.74, 6) is 0.0519. The van der Waals surface area contributed by atoms with Gasteiger partial charge in [0.15, 0.2) is 0 Å². The van der Waals surface area contributed by atoms with Gasteiger partial charge in [0.05, 0.1) is 10.6 Å². The standard InChI is InChI=1S/C11H11ClO2/c1-6-5-8(6)7-3-2-4-9(12)10(7)11(13)14/h2-4,6,8H,5H2,1H3,(H,13,14)/t6-,8?/m0/s1. The first kappa shape index (κ1) is 9.53. The molecule has 1 aromatic rings. The number of rotatable bonds is 2. The minimum Gasteiger partial charge on any atom is -0.478 e. The third-order valence-corrected chi connectivity index (χ3v) is 3.08. The van der Waals surface area contributed by atoms with Crippen LogP contribution < -0.4 is 0 Å². The molecule has 0 saturated heterocycles. The van der Waals surface area contributed by atoms with Crippen molar-refractivity contribution in [1.82, 2.24) is 0 Å². The molecule has 3 heteroatoms. The highest BCUT2D eigenvalue weighted by atomic mass is 35.5. The van der Waals surface area contributed by atoms with E-state index in [4.69, 9.17) is 16.7 Å². The zero-order chi connectivity index (χ0) is 10.3. The van der Waals surface area contributed by atoms with Crippen LogP contribution in [0, 0.1) is 5.92 Å². The first-order valence-corrected chi connectivity index (χ1v) is 5.00. The Balaban J connectivity index is 2.48. The van der Waals surface area contributed by atoms with Gasteiger partial charge >= 0.3 is 5.97 Å². The maximum Gasteiger partial charge on any atom is 0.337 e. The van der Waals surface area contributed by atoms with Gasteiger partial charge in [-0.1, -0.05) is 30.7 Å². The Hall–Kier alpha value is -1.02. The lowest BCUT2D eigenvalue weighted by Gasteiger charge is -2.06. The van der Waals surface area contributed by atoms with Crippen molar-refractivity contribution in [2.45, 2.75) is 19.3 Å². The molecule has 2 nitrogen and oxygen atoms in total. The highest BCUT2D eigenvalue weighted by Gasteiger charge is 2.37. The van der Waals surface area contributed by atoms with Gasteiger partial charge in [-0.3, -0.25) is 0 Å². The van der Waals surface area contributed by atoms with Crippen LogP contribution >= 0.6 is 11.6 Å². The molecule has 74 valence electrons. The number of halogens is 1. The molecular formula is C11H11ClO2. The molecule has 0 heterocycles. The topological polar surface area (TPSA) is 37.3 Å². The minimum absolute atomic E-state index is 0.281. The highest BCUT2D eigenvalue weighted by Crippen LogP contribution is 2.48.